The highest BCUT2D eigenvalue weighted by Gasteiger charge is 2.60. The minimum atomic E-state index is -0.326. The minimum absolute atomic E-state index is 0.233. The number of hydrogen-bond acceptors (Lipinski definition) is 2. The van der Waals surface area contributed by atoms with Gasteiger partial charge >= 0.3 is 6.03 Å². The van der Waals surface area contributed by atoms with E-state index in [4.69, 9.17) is 11.6 Å². The van der Waals surface area contributed by atoms with Crippen molar-refractivity contribution in [1.29, 1.82) is 0 Å². The van der Waals surface area contributed by atoms with E-state index in [2.05, 4.69) is 40.1 Å². The van der Waals surface area contributed by atoms with Gasteiger partial charge in [-0.1, -0.05) is 35.9 Å². The van der Waals surface area contributed by atoms with Crippen LogP contribution in [0.1, 0.15) is 49.7 Å². The molecule has 0 radical (unpaired) electrons. The summed E-state index contributed by atoms with van der Waals surface area (Å²) in [4.78, 5) is 12.4. The Labute approximate surface area is 182 Å². The Balaban J connectivity index is 1.27. The first-order chi connectivity index (χ1) is 14.6. The van der Waals surface area contributed by atoms with Crippen LogP contribution < -0.4 is 10.7 Å². The number of fused-ring (bicyclic) bond motifs is 1. The van der Waals surface area contributed by atoms with Crippen molar-refractivity contribution in [3.05, 3.63) is 64.7 Å². The molecule has 2 aromatic carbocycles. The van der Waals surface area contributed by atoms with E-state index in [1.54, 1.807) is 24.3 Å². The summed E-state index contributed by atoms with van der Waals surface area (Å²) in [7, 11) is 0. The lowest BCUT2D eigenvalue weighted by molar-refractivity contribution is -0.0557. The fraction of sp³-hybridized carbons (Fsp3) is 0.440. The predicted octanol–water partition coefficient (Wildman–Crippen LogP) is 5.96. The van der Waals surface area contributed by atoms with Crippen molar-refractivity contribution < 1.29 is 4.79 Å². The fourth-order valence-corrected chi connectivity index (χ4v) is 7.40. The second kappa shape index (κ2) is 6.84. The second-order valence-corrected chi connectivity index (χ2v) is 10.1. The number of hydrogen-bond donors (Lipinski definition) is 2. The van der Waals surface area contributed by atoms with E-state index in [1.165, 1.54) is 43.2 Å². The summed E-state index contributed by atoms with van der Waals surface area (Å²) in [6.45, 7) is 0. The van der Waals surface area contributed by atoms with Crippen molar-refractivity contribution in [2.24, 2.45) is 28.8 Å². The van der Waals surface area contributed by atoms with Gasteiger partial charge in [-0.15, -0.1) is 0 Å². The molecule has 0 atom stereocenters. The van der Waals surface area contributed by atoms with E-state index in [0.717, 1.165) is 35.8 Å². The molecule has 1 spiro atoms. The number of nitrogens with zero attached hydrogens (tertiary/aromatic N) is 1. The molecule has 5 aliphatic rings. The lowest BCUT2D eigenvalue weighted by atomic mass is 9.44. The fourth-order valence-electron chi connectivity index (χ4n) is 7.27. The first-order valence-corrected chi connectivity index (χ1v) is 11.5. The molecule has 7 rings (SSSR count). The number of benzene rings is 2. The van der Waals surface area contributed by atoms with Crippen LogP contribution in [-0.4, -0.2) is 11.7 Å². The van der Waals surface area contributed by atoms with Gasteiger partial charge < -0.3 is 5.32 Å². The zero-order chi connectivity index (χ0) is 20.3. The van der Waals surface area contributed by atoms with Gasteiger partial charge in [0.25, 0.3) is 0 Å². The molecule has 0 unspecified atom stereocenters. The summed E-state index contributed by atoms with van der Waals surface area (Å²) >= 11 is 5.92. The first kappa shape index (κ1) is 18.4. The summed E-state index contributed by atoms with van der Waals surface area (Å²) < 4.78 is 0. The van der Waals surface area contributed by atoms with Crippen molar-refractivity contribution >= 4 is 29.0 Å². The van der Waals surface area contributed by atoms with Crippen LogP contribution >= 0.6 is 11.6 Å². The van der Waals surface area contributed by atoms with Crippen molar-refractivity contribution in [1.82, 2.24) is 5.43 Å². The molecule has 4 saturated carbocycles. The van der Waals surface area contributed by atoms with Gasteiger partial charge in [0, 0.05) is 28.1 Å². The van der Waals surface area contributed by atoms with Crippen LogP contribution in [0.15, 0.2) is 53.6 Å². The number of hydrazone groups is 1. The van der Waals surface area contributed by atoms with Gasteiger partial charge in [-0.3, -0.25) is 0 Å². The molecule has 0 heterocycles. The molecule has 5 aliphatic carbocycles. The average molecular weight is 420 g/mol. The van der Waals surface area contributed by atoms with Crippen LogP contribution in [0.2, 0.25) is 5.02 Å². The lowest BCUT2D eigenvalue weighted by Gasteiger charge is -2.60. The molecule has 2 N–H and O–H groups in total. The molecule has 4 bridgehead atoms. The summed E-state index contributed by atoms with van der Waals surface area (Å²) in [6.07, 6.45) is 7.91. The molecule has 30 heavy (non-hydrogen) atoms. The SMILES string of the molecule is O=C(NN=C1CC2(c3ccccc31)C1CC3CC(C1)CC2C3)Nc1ccc(Cl)cc1. The van der Waals surface area contributed by atoms with Crippen molar-refractivity contribution in [3.63, 3.8) is 0 Å². The number of halogens is 1. The number of carbonyl (C=O) groups is 1. The molecule has 5 heteroatoms. The molecule has 2 aromatic rings. The third-order valence-corrected chi connectivity index (χ3v) is 8.44. The summed E-state index contributed by atoms with van der Waals surface area (Å²) in [5.74, 6) is 3.42. The van der Waals surface area contributed by atoms with E-state index < -0.39 is 0 Å². The molecule has 0 aliphatic heterocycles. The van der Waals surface area contributed by atoms with Crippen molar-refractivity contribution in [3.8, 4) is 0 Å². The molecule has 2 amide bonds. The van der Waals surface area contributed by atoms with E-state index in [0.29, 0.717) is 10.7 Å². The number of urea groups is 1. The van der Waals surface area contributed by atoms with Crippen LogP contribution in [0.25, 0.3) is 0 Å². The van der Waals surface area contributed by atoms with Crippen LogP contribution in [0.4, 0.5) is 10.5 Å². The van der Waals surface area contributed by atoms with E-state index >= 15 is 0 Å². The van der Waals surface area contributed by atoms with E-state index in [1.807, 2.05) is 0 Å². The average Bonchev–Trinajstić information content (AvgIpc) is 3.07. The van der Waals surface area contributed by atoms with Crippen LogP contribution in [-0.2, 0) is 5.41 Å². The quantitative estimate of drug-likeness (QED) is 0.579. The van der Waals surface area contributed by atoms with Crippen LogP contribution in [0, 0.1) is 23.7 Å². The van der Waals surface area contributed by atoms with Gasteiger partial charge in [0.1, 0.15) is 0 Å². The molecule has 4 fully saturated rings. The summed E-state index contributed by atoms with van der Waals surface area (Å²) in [5, 5.41) is 8.08. The number of amides is 2. The normalized spacial score (nSPS) is 34.4. The molecule has 0 aromatic heterocycles. The summed E-state index contributed by atoms with van der Waals surface area (Å²) in [6, 6.07) is 15.5. The Morgan fingerprint density at radius 3 is 2.30 bits per heavy atom. The lowest BCUT2D eigenvalue weighted by Crippen LogP contribution is -2.54. The first-order valence-electron chi connectivity index (χ1n) is 11.1. The zero-order valence-corrected chi connectivity index (χ0v) is 17.7. The monoisotopic (exact) mass is 419 g/mol. The topological polar surface area (TPSA) is 53.5 Å². The number of rotatable bonds is 2. The van der Waals surface area contributed by atoms with E-state index in [-0.39, 0.29) is 11.4 Å². The van der Waals surface area contributed by atoms with Crippen LogP contribution in [0.5, 0.6) is 0 Å². The van der Waals surface area contributed by atoms with Gasteiger partial charge in [0.15, 0.2) is 0 Å². The zero-order valence-electron chi connectivity index (χ0n) is 16.9. The Morgan fingerprint density at radius 1 is 0.933 bits per heavy atom. The maximum absolute atomic E-state index is 12.4. The second-order valence-electron chi connectivity index (χ2n) is 9.70. The number of carbonyl (C=O) groups excluding carboxylic acids is 1. The summed E-state index contributed by atoms with van der Waals surface area (Å²) in [5.41, 5.74) is 7.42. The van der Waals surface area contributed by atoms with Gasteiger partial charge in [0.05, 0.1) is 5.71 Å². The maximum Gasteiger partial charge on any atom is 0.339 e. The minimum Gasteiger partial charge on any atom is -0.307 e. The highest BCUT2D eigenvalue weighted by molar-refractivity contribution is 6.30. The Hall–Kier alpha value is -2.33. The van der Waals surface area contributed by atoms with Crippen molar-refractivity contribution in [2.75, 3.05) is 5.32 Å². The smallest absolute Gasteiger partial charge is 0.307 e. The highest BCUT2D eigenvalue weighted by Crippen LogP contribution is 2.66. The third-order valence-electron chi connectivity index (χ3n) is 8.19. The van der Waals surface area contributed by atoms with Gasteiger partial charge in [-0.05, 0) is 85.6 Å². The van der Waals surface area contributed by atoms with E-state index in [9.17, 15) is 4.79 Å². The highest BCUT2D eigenvalue weighted by atomic mass is 35.5. The largest absolute Gasteiger partial charge is 0.339 e. The Bertz CT molecular complexity index is 1000. The number of nitrogens with one attached hydrogen (secondary N) is 2. The molecule has 154 valence electrons. The molecular formula is C25H26ClN3O. The van der Waals surface area contributed by atoms with Crippen molar-refractivity contribution in [2.45, 2.75) is 43.9 Å². The Kier molecular flexibility index (Phi) is 4.21. The Morgan fingerprint density at radius 2 is 1.60 bits per heavy atom. The molecule has 0 saturated heterocycles. The molecular weight excluding hydrogens is 394 g/mol. The maximum atomic E-state index is 12.4. The van der Waals surface area contributed by atoms with Gasteiger partial charge in [-0.25, -0.2) is 10.2 Å². The van der Waals surface area contributed by atoms with Crippen LogP contribution in [0.3, 0.4) is 0 Å². The van der Waals surface area contributed by atoms with Gasteiger partial charge in [0.2, 0.25) is 0 Å². The standard InChI is InChI=1S/C25H26ClN3O/c26-19-5-7-20(8-6-19)27-24(30)29-28-23-14-25(22-4-2-1-3-21(22)23)17-10-15-9-16(12-17)13-18(25)11-15/h1-8,15-18H,9-14H2,(H2,27,29,30). The predicted molar refractivity (Wildman–Crippen MR) is 120 cm³/mol. The third kappa shape index (κ3) is 2.80. The van der Waals surface area contributed by atoms with Gasteiger partial charge in [-0.2, -0.15) is 5.10 Å². The number of anilines is 1. The molecule has 4 nitrogen and oxygen atoms in total.